The summed E-state index contributed by atoms with van der Waals surface area (Å²) in [6.45, 7) is -2.08. The molecular formula is C34H27F9N2O4S. The van der Waals surface area contributed by atoms with Crippen LogP contribution >= 0.6 is 0 Å². The molecule has 0 saturated carbocycles. The third-order valence-corrected chi connectivity index (χ3v) is 11.3. The maximum atomic E-state index is 14.5. The number of alkyl halides is 6. The van der Waals surface area contributed by atoms with Gasteiger partial charge in [0.15, 0.2) is 9.84 Å². The molecule has 1 saturated heterocycles. The monoisotopic (exact) mass is 730 g/mol. The normalized spacial score (nSPS) is 15.6. The highest BCUT2D eigenvalue weighted by molar-refractivity contribution is 7.92. The van der Waals surface area contributed by atoms with E-state index in [1.165, 1.54) is 17.3 Å². The molecule has 0 aliphatic carbocycles. The van der Waals surface area contributed by atoms with Crippen LogP contribution in [0.25, 0.3) is 0 Å². The number of pyridine rings is 1. The molecule has 5 rings (SSSR count). The number of halogens is 9. The number of aromatic nitrogens is 1. The fraction of sp³-hybridized carbons (Fsp3) is 0.294. The summed E-state index contributed by atoms with van der Waals surface area (Å²) >= 11 is 0. The molecule has 0 radical (unpaired) electrons. The zero-order valence-electron chi connectivity index (χ0n) is 25.7. The predicted octanol–water partition coefficient (Wildman–Crippen LogP) is 7.57. The largest absolute Gasteiger partial charge is 0.430 e. The Hall–Kier alpha value is -4.44. The van der Waals surface area contributed by atoms with Gasteiger partial charge in [0.05, 0.1) is 17.9 Å². The maximum absolute atomic E-state index is 14.5. The number of likely N-dealkylation sites (tertiary alicyclic amines) is 1. The number of carbonyl (C=O) groups excluding carboxylic acids is 1. The van der Waals surface area contributed by atoms with Gasteiger partial charge in [0, 0.05) is 36.6 Å². The van der Waals surface area contributed by atoms with Crippen LogP contribution in [-0.4, -0.2) is 49.7 Å². The van der Waals surface area contributed by atoms with E-state index in [0.29, 0.717) is 29.8 Å². The molecular weight excluding hydrogens is 703 g/mol. The minimum absolute atomic E-state index is 0.0615. The summed E-state index contributed by atoms with van der Waals surface area (Å²) in [4.78, 5) is 18.0. The van der Waals surface area contributed by atoms with E-state index in [-0.39, 0.29) is 48.7 Å². The number of ether oxygens (including phenoxy) is 1. The molecule has 1 amide bonds. The van der Waals surface area contributed by atoms with Gasteiger partial charge in [0.1, 0.15) is 22.2 Å². The van der Waals surface area contributed by atoms with E-state index in [4.69, 9.17) is 0 Å². The molecule has 2 heterocycles. The number of carbonyl (C=O) groups is 1. The highest BCUT2D eigenvalue weighted by Crippen LogP contribution is 2.54. The molecule has 16 heteroatoms. The summed E-state index contributed by atoms with van der Waals surface area (Å²) in [5.41, 5.74) is -7.41. The van der Waals surface area contributed by atoms with Crippen molar-refractivity contribution in [1.82, 2.24) is 9.88 Å². The van der Waals surface area contributed by atoms with Crippen LogP contribution in [0.1, 0.15) is 35.1 Å². The Balaban J connectivity index is 1.55. The lowest BCUT2D eigenvalue weighted by Gasteiger charge is -2.42. The summed E-state index contributed by atoms with van der Waals surface area (Å²) < 4.78 is 160. The molecule has 1 aliphatic heterocycles. The number of amides is 1. The van der Waals surface area contributed by atoms with Crippen LogP contribution in [0.2, 0.25) is 0 Å². The van der Waals surface area contributed by atoms with Crippen molar-refractivity contribution in [1.29, 1.82) is 0 Å². The van der Waals surface area contributed by atoms with Crippen molar-refractivity contribution in [3.05, 3.63) is 131 Å². The van der Waals surface area contributed by atoms with Crippen molar-refractivity contribution in [2.45, 2.75) is 53.5 Å². The minimum atomic E-state index is -6.22. The molecule has 0 unspecified atom stereocenters. The van der Waals surface area contributed by atoms with Gasteiger partial charge < -0.3 is 9.64 Å². The number of benzene rings is 3. The third-order valence-electron chi connectivity index (χ3n) is 8.75. The van der Waals surface area contributed by atoms with Crippen molar-refractivity contribution >= 4 is 15.7 Å². The molecule has 1 fully saturated rings. The number of hydrogen-bond donors (Lipinski definition) is 0. The lowest BCUT2D eigenvalue weighted by atomic mass is 9.85. The quantitative estimate of drug-likeness (QED) is 0.131. The lowest BCUT2D eigenvalue weighted by Crippen LogP contribution is -2.56. The Morgan fingerprint density at radius 3 is 1.90 bits per heavy atom. The number of sulfone groups is 1. The molecule has 4 aromatic rings. The first kappa shape index (κ1) is 36.8. The van der Waals surface area contributed by atoms with Gasteiger partial charge in [-0.3, -0.25) is 9.78 Å². The highest BCUT2D eigenvalue weighted by atomic mass is 32.2. The molecule has 6 nitrogen and oxygen atoms in total. The summed E-state index contributed by atoms with van der Waals surface area (Å²) in [6, 6.07) is 11.5. The smallest absolute Gasteiger partial charge is 0.349 e. The first-order valence-corrected chi connectivity index (χ1v) is 16.4. The van der Waals surface area contributed by atoms with E-state index < -0.39 is 67.7 Å². The van der Waals surface area contributed by atoms with E-state index in [1.807, 2.05) is 0 Å². The van der Waals surface area contributed by atoms with Gasteiger partial charge in [-0.15, -0.1) is 0 Å². The summed E-state index contributed by atoms with van der Waals surface area (Å²) in [7, 11) is -4.54. The molecule has 1 aliphatic rings. The van der Waals surface area contributed by atoms with Crippen molar-refractivity contribution in [2.75, 3.05) is 13.1 Å². The van der Waals surface area contributed by atoms with Crippen LogP contribution in [0, 0.1) is 17.5 Å². The van der Waals surface area contributed by atoms with E-state index in [1.54, 1.807) is 12.1 Å². The fourth-order valence-corrected chi connectivity index (χ4v) is 8.16. The van der Waals surface area contributed by atoms with Crippen LogP contribution in [0.15, 0.2) is 96.2 Å². The summed E-state index contributed by atoms with van der Waals surface area (Å²) in [5, 5.41) is 0. The van der Waals surface area contributed by atoms with Crippen LogP contribution in [0.3, 0.4) is 0 Å². The Morgan fingerprint density at radius 1 is 0.800 bits per heavy atom. The van der Waals surface area contributed by atoms with Crippen LogP contribution in [-0.2, 0) is 42.7 Å². The molecule has 0 spiro atoms. The van der Waals surface area contributed by atoms with Gasteiger partial charge in [0.2, 0.25) is 5.91 Å². The minimum Gasteiger partial charge on any atom is -0.349 e. The predicted molar refractivity (Wildman–Crippen MR) is 160 cm³/mol. The van der Waals surface area contributed by atoms with Gasteiger partial charge in [-0.2, -0.15) is 26.3 Å². The maximum Gasteiger partial charge on any atom is 0.430 e. The molecule has 0 N–H and O–H groups in total. The SMILES string of the molecule is O=C(Cc1cccnc1)N1CCC(c2ccc(C(OCc3c(F)cccc3F)(C(F)(F)F)C(F)(F)F)cc2)(S(=O)(=O)c2ccc(F)cc2)CC1. The fourth-order valence-electron chi connectivity index (χ4n) is 6.05. The van der Waals surface area contributed by atoms with E-state index in [0.717, 1.165) is 42.5 Å². The average Bonchev–Trinajstić information content (AvgIpc) is 3.06. The third kappa shape index (κ3) is 6.70. The van der Waals surface area contributed by atoms with Crippen molar-refractivity contribution in [3.63, 3.8) is 0 Å². The number of piperidine rings is 1. The molecule has 0 bridgehead atoms. The van der Waals surface area contributed by atoms with Gasteiger partial charge in [-0.05, 0) is 66.4 Å². The van der Waals surface area contributed by atoms with E-state index in [2.05, 4.69) is 9.72 Å². The topological polar surface area (TPSA) is 76.6 Å². The van der Waals surface area contributed by atoms with E-state index in [9.17, 15) is 52.7 Å². The first-order valence-electron chi connectivity index (χ1n) is 14.9. The Kier molecular flexibility index (Phi) is 10.1. The standard InChI is InChI=1S/C34H27F9N2O4S/c35-25-10-12-26(13-11-25)50(47,48)31(14-17-45(18-15-31)30(46)19-22-3-2-16-44-20-22)23-6-8-24(9-7-23)32(33(38,39)40,34(41,42)43)49-21-27-28(36)4-1-5-29(27)37/h1-13,16,20H,14-15,17-19,21H2. The average molecular weight is 731 g/mol. The second kappa shape index (κ2) is 13.7. The van der Waals surface area contributed by atoms with Gasteiger partial charge in [0.25, 0.3) is 5.60 Å². The zero-order chi connectivity index (χ0) is 36.5. The first-order chi connectivity index (χ1) is 23.4. The van der Waals surface area contributed by atoms with Gasteiger partial charge in [-0.25, -0.2) is 21.6 Å². The molecule has 50 heavy (non-hydrogen) atoms. The van der Waals surface area contributed by atoms with Crippen molar-refractivity contribution < 1.29 is 57.5 Å². The second-order valence-electron chi connectivity index (χ2n) is 11.6. The number of rotatable bonds is 9. The molecule has 0 atom stereocenters. The summed E-state index contributed by atoms with van der Waals surface area (Å²) in [6.07, 6.45) is -10.1. The Morgan fingerprint density at radius 2 is 1.38 bits per heavy atom. The second-order valence-corrected chi connectivity index (χ2v) is 13.9. The zero-order valence-corrected chi connectivity index (χ0v) is 26.6. The summed E-state index contributed by atoms with van der Waals surface area (Å²) in [5.74, 6) is -4.00. The van der Waals surface area contributed by atoms with Gasteiger partial charge >= 0.3 is 12.4 Å². The van der Waals surface area contributed by atoms with Crippen molar-refractivity contribution in [3.8, 4) is 0 Å². The van der Waals surface area contributed by atoms with Crippen LogP contribution in [0.5, 0.6) is 0 Å². The van der Waals surface area contributed by atoms with Gasteiger partial charge in [-0.1, -0.05) is 36.4 Å². The van der Waals surface area contributed by atoms with Crippen LogP contribution < -0.4 is 0 Å². The highest BCUT2D eigenvalue weighted by Gasteiger charge is 2.73. The van der Waals surface area contributed by atoms with Crippen molar-refractivity contribution in [2.24, 2.45) is 0 Å². The Bertz CT molecular complexity index is 1890. The van der Waals surface area contributed by atoms with E-state index >= 15 is 0 Å². The Labute approximate surface area is 280 Å². The lowest BCUT2D eigenvalue weighted by molar-refractivity contribution is -0.392. The molecule has 3 aromatic carbocycles. The molecule has 266 valence electrons. The number of hydrogen-bond acceptors (Lipinski definition) is 5. The van der Waals surface area contributed by atoms with Crippen LogP contribution in [0.4, 0.5) is 39.5 Å². The molecule has 1 aromatic heterocycles. The number of nitrogens with zero attached hydrogens (tertiary/aromatic N) is 2.